The predicted molar refractivity (Wildman–Crippen MR) is 59.5 cm³/mol. The van der Waals surface area contributed by atoms with Crippen LogP contribution in [0.25, 0.3) is 0 Å². The molecule has 0 atom stereocenters. The molecule has 0 aliphatic carbocycles. The molecule has 0 heterocycles. The minimum absolute atomic E-state index is 0.225. The van der Waals surface area contributed by atoms with E-state index in [1.807, 2.05) is 0 Å². The Bertz CT molecular complexity index is 312. The zero-order valence-corrected chi connectivity index (χ0v) is 9.51. The Labute approximate surface area is 90.4 Å². The minimum atomic E-state index is -0.225. The van der Waals surface area contributed by atoms with Gasteiger partial charge >= 0.3 is 0 Å². The van der Waals surface area contributed by atoms with E-state index in [0.717, 1.165) is 17.9 Å². The molecular formula is C12H18FNO. The first kappa shape index (κ1) is 12.0. The lowest BCUT2D eigenvalue weighted by Crippen LogP contribution is -2.19. The Morgan fingerprint density at radius 1 is 1.40 bits per heavy atom. The molecule has 2 nitrogen and oxygen atoms in total. The van der Waals surface area contributed by atoms with Gasteiger partial charge in [0.05, 0.1) is 7.11 Å². The molecule has 84 valence electrons. The standard InChI is InChI=1S/C12H18FNO/c1-9(2)7-14-8-10-6-11(13)4-5-12(10)15-3/h4-6,9,14H,7-8H2,1-3H3. The van der Waals surface area contributed by atoms with Gasteiger partial charge in [-0.25, -0.2) is 4.39 Å². The SMILES string of the molecule is COc1ccc(F)cc1CNCC(C)C. The van der Waals surface area contributed by atoms with Gasteiger partial charge in [-0.05, 0) is 30.7 Å². The summed E-state index contributed by atoms with van der Waals surface area (Å²) in [6, 6.07) is 4.57. The fraction of sp³-hybridized carbons (Fsp3) is 0.500. The molecule has 15 heavy (non-hydrogen) atoms. The molecule has 0 spiro atoms. The third-order valence-electron chi connectivity index (χ3n) is 2.11. The van der Waals surface area contributed by atoms with Crippen molar-refractivity contribution in [2.75, 3.05) is 13.7 Å². The van der Waals surface area contributed by atoms with E-state index >= 15 is 0 Å². The number of benzene rings is 1. The molecule has 0 saturated carbocycles. The summed E-state index contributed by atoms with van der Waals surface area (Å²) in [5.41, 5.74) is 0.859. The van der Waals surface area contributed by atoms with E-state index < -0.39 is 0 Å². The third kappa shape index (κ3) is 3.88. The van der Waals surface area contributed by atoms with E-state index in [4.69, 9.17) is 4.74 Å². The molecule has 0 radical (unpaired) electrons. The van der Waals surface area contributed by atoms with Crippen LogP contribution in [0.1, 0.15) is 19.4 Å². The number of methoxy groups -OCH3 is 1. The number of halogens is 1. The summed E-state index contributed by atoms with van der Waals surface area (Å²) >= 11 is 0. The van der Waals surface area contributed by atoms with Crippen LogP contribution < -0.4 is 10.1 Å². The van der Waals surface area contributed by atoms with Crippen LogP contribution in [0.15, 0.2) is 18.2 Å². The van der Waals surface area contributed by atoms with E-state index in [1.54, 1.807) is 13.2 Å². The van der Waals surface area contributed by atoms with E-state index in [9.17, 15) is 4.39 Å². The van der Waals surface area contributed by atoms with Crippen LogP contribution in [0.4, 0.5) is 4.39 Å². The Morgan fingerprint density at radius 2 is 2.13 bits per heavy atom. The van der Waals surface area contributed by atoms with Gasteiger partial charge in [0.1, 0.15) is 11.6 Å². The first-order valence-electron chi connectivity index (χ1n) is 5.16. The maximum absolute atomic E-state index is 13.0. The Balaban J connectivity index is 2.62. The second-order valence-corrected chi connectivity index (χ2v) is 3.98. The number of hydrogen-bond acceptors (Lipinski definition) is 2. The van der Waals surface area contributed by atoms with Gasteiger partial charge in [0.2, 0.25) is 0 Å². The monoisotopic (exact) mass is 211 g/mol. The summed E-state index contributed by atoms with van der Waals surface area (Å²) in [6.07, 6.45) is 0. The number of hydrogen-bond donors (Lipinski definition) is 1. The summed E-state index contributed by atoms with van der Waals surface area (Å²) in [4.78, 5) is 0. The van der Waals surface area contributed by atoms with E-state index in [-0.39, 0.29) is 5.82 Å². The van der Waals surface area contributed by atoms with Gasteiger partial charge in [0.25, 0.3) is 0 Å². The fourth-order valence-electron chi connectivity index (χ4n) is 1.38. The molecule has 0 amide bonds. The molecule has 0 saturated heterocycles. The molecule has 0 aromatic heterocycles. The van der Waals surface area contributed by atoms with Crippen molar-refractivity contribution in [3.63, 3.8) is 0 Å². The third-order valence-corrected chi connectivity index (χ3v) is 2.11. The average Bonchev–Trinajstić information content (AvgIpc) is 2.17. The highest BCUT2D eigenvalue weighted by molar-refractivity contribution is 5.33. The van der Waals surface area contributed by atoms with Gasteiger partial charge in [0, 0.05) is 12.1 Å². The van der Waals surface area contributed by atoms with Crippen LogP contribution in [-0.2, 0) is 6.54 Å². The maximum atomic E-state index is 13.0. The maximum Gasteiger partial charge on any atom is 0.123 e. The zero-order valence-electron chi connectivity index (χ0n) is 9.51. The lowest BCUT2D eigenvalue weighted by atomic mass is 10.1. The second-order valence-electron chi connectivity index (χ2n) is 3.98. The summed E-state index contributed by atoms with van der Waals surface area (Å²) in [5, 5.41) is 3.26. The first-order chi connectivity index (χ1) is 7.13. The summed E-state index contributed by atoms with van der Waals surface area (Å²) in [6.45, 7) is 5.82. The Hall–Kier alpha value is -1.09. The molecule has 0 aliphatic rings. The van der Waals surface area contributed by atoms with Crippen molar-refractivity contribution in [2.45, 2.75) is 20.4 Å². The quantitative estimate of drug-likeness (QED) is 0.808. The van der Waals surface area contributed by atoms with Gasteiger partial charge in [0.15, 0.2) is 0 Å². The van der Waals surface area contributed by atoms with Gasteiger partial charge in [-0.3, -0.25) is 0 Å². The highest BCUT2D eigenvalue weighted by Crippen LogP contribution is 2.18. The minimum Gasteiger partial charge on any atom is -0.496 e. The van der Waals surface area contributed by atoms with E-state index in [2.05, 4.69) is 19.2 Å². The Kier molecular flexibility index (Phi) is 4.56. The van der Waals surface area contributed by atoms with Crippen molar-refractivity contribution in [3.05, 3.63) is 29.6 Å². The predicted octanol–water partition coefficient (Wildman–Crippen LogP) is 2.58. The second kappa shape index (κ2) is 5.71. The van der Waals surface area contributed by atoms with Crippen molar-refractivity contribution >= 4 is 0 Å². The molecule has 3 heteroatoms. The molecule has 1 aromatic rings. The normalized spacial score (nSPS) is 10.7. The van der Waals surface area contributed by atoms with Crippen LogP contribution in [0.5, 0.6) is 5.75 Å². The zero-order chi connectivity index (χ0) is 11.3. The average molecular weight is 211 g/mol. The van der Waals surface area contributed by atoms with Gasteiger partial charge in [-0.15, -0.1) is 0 Å². The van der Waals surface area contributed by atoms with Crippen LogP contribution >= 0.6 is 0 Å². The van der Waals surface area contributed by atoms with E-state index in [0.29, 0.717) is 12.5 Å². The van der Waals surface area contributed by atoms with Gasteiger partial charge in [-0.2, -0.15) is 0 Å². The summed E-state index contributed by atoms with van der Waals surface area (Å²) in [7, 11) is 1.60. The van der Waals surface area contributed by atoms with Crippen LogP contribution in [0.2, 0.25) is 0 Å². The smallest absolute Gasteiger partial charge is 0.123 e. The number of nitrogens with one attached hydrogen (secondary N) is 1. The molecule has 0 fully saturated rings. The Morgan fingerprint density at radius 3 is 2.73 bits per heavy atom. The molecule has 0 bridgehead atoms. The van der Waals surface area contributed by atoms with Crippen LogP contribution in [0, 0.1) is 11.7 Å². The molecule has 0 aliphatic heterocycles. The largest absolute Gasteiger partial charge is 0.496 e. The molecule has 1 rings (SSSR count). The van der Waals surface area contributed by atoms with Gasteiger partial charge < -0.3 is 10.1 Å². The highest BCUT2D eigenvalue weighted by Gasteiger charge is 2.04. The van der Waals surface area contributed by atoms with Crippen molar-refractivity contribution in [1.82, 2.24) is 5.32 Å². The topological polar surface area (TPSA) is 21.3 Å². The van der Waals surface area contributed by atoms with Crippen LogP contribution in [0.3, 0.4) is 0 Å². The van der Waals surface area contributed by atoms with Crippen molar-refractivity contribution in [1.29, 1.82) is 0 Å². The fourth-order valence-corrected chi connectivity index (χ4v) is 1.38. The number of ether oxygens (including phenoxy) is 1. The molecule has 1 N–H and O–H groups in total. The van der Waals surface area contributed by atoms with Crippen molar-refractivity contribution in [2.24, 2.45) is 5.92 Å². The van der Waals surface area contributed by atoms with Crippen molar-refractivity contribution in [3.8, 4) is 5.75 Å². The first-order valence-corrected chi connectivity index (χ1v) is 5.16. The van der Waals surface area contributed by atoms with Crippen LogP contribution in [-0.4, -0.2) is 13.7 Å². The van der Waals surface area contributed by atoms with Crippen molar-refractivity contribution < 1.29 is 9.13 Å². The lowest BCUT2D eigenvalue weighted by Gasteiger charge is -2.11. The summed E-state index contributed by atoms with van der Waals surface area (Å²) < 4.78 is 18.1. The lowest BCUT2D eigenvalue weighted by molar-refractivity contribution is 0.405. The number of rotatable bonds is 5. The molecule has 0 unspecified atom stereocenters. The van der Waals surface area contributed by atoms with E-state index in [1.165, 1.54) is 12.1 Å². The summed E-state index contributed by atoms with van der Waals surface area (Å²) in [5.74, 6) is 1.09. The van der Waals surface area contributed by atoms with Gasteiger partial charge in [-0.1, -0.05) is 13.8 Å². The molecule has 1 aromatic carbocycles. The molecular weight excluding hydrogens is 193 g/mol. The highest BCUT2D eigenvalue weighted by atomic mass is 19.1.